The molecule has 11 heteroatoms. The number of carbonyl (C=O) groups is 2. The van der Waals surface area contributed by atoms with Crippen LogP contribution < -0.4 is 16.6 Å². The Bertz CT molecular complexity index is 1410. The second-order valence-electron chi connectivity index (χ2n) is 9.45. The predicted octanol–water partition coefficient (Wildman–Crippen LogP) is 2.47. The third-order valence-electron chi connectivity index (χ3n) is 5.61. The van der Waals surface area contributed by atoms with Crippen LogP contribution >= 0.6 is 0 Å². The van der Waals surface area contributed by atoms with E-state index in [1.54, 1.807) is 45.0 Å². The number of likely N-dealkylation sites (tertiary alicyclic amines) is 1. The van der Waals surface area contributed by atoms with Gasteiger partial charge in [-0.15, -0.1) is 0 Å². The zero-order valence-electron chi connectivity index (χ0n) is 19.6. The van der Waals surface area contributed by atoms with Gasteiger partial charge in [0.1, 0.15) is 5.60 Å². The number of H-pyrrole nitrogens is 1. The highest BCUT2D eigenvalue weighted by atomic mass is 19.1. The Morgan fingerprint density at radius 1 is 1.26 bits per heavy atom. The van der Waals surface area contributed by atoms with Crippen LogP contribution in [0.1, 0.15) is 32.8 Å². The summed E-state index contributed by atoms with van der Waals surface area (Å²) >= 11 is 0. The number of fused-ring (bicyclic) bond motifs is 1. The summed E-state index contributed by atoms with van der Waals surface area (Å²) in [7, 11) is 0. The van der Waals surface area contributed by atoms with E-state index >= 15 is 0 Å². The van der Waals surface area contributed by atoms with Crippen LogP contribution in [0.15, 0.2) is 46.1 Å². The molecule has 0 spiro atoms. The molecule has 10 nitrogen and oxygen atoms in total. The van der Waals surface area contributed by atoms with Gasteiger partial charge >= 0.3 is 11.8 Å². The summed E-state index contributed by atoms with van der Waals surface area (Å²) in [4.78, 5) is 57.0. The molecule has 3 heterocycles. The number of pyridine rings is 1. The zero-order chi connectivity index (χ0) is 25.3. The minimum atomic E-state index is -0.872. The number of carbonyl (C=O) groups excluding carboxylic acids is 2. The summed E-state index contributed by atoms with van der Waals surface area (Å²) in [6.07, 6.45) is 1.18. The molecule has 1 fully saturated rings. The van der Waals surface area contributed by atoms with Crippen molar-refractivity contribution in [2.24, 2.45) is 5.92 Å². The quantitative estimate of drug-likeness (QED) is 0.549. The third-order valence-corrected chi connectivity index (χ3v) is 5.61. The van der Waals surface area contributed by atoms with E-state index in [4.69, 9.17) is 4.74 Å². The second-order valence-corrected chi connectivity index (χ2v) is 9.45. The first-order valence-electron chi connectivity index (χ1n) is 11.2. The van der Waals surface area contributed by atoms with E-state index in [2.05, 4.69) is 15.3 Å². The maximum atomic E-state index is 14.4. The zero-order valence-corrected chi connectivity index (χ0v) is 19.6. The highest BCUT2D eigenvalue weighted by molar-refractivity contribution is 5.93. The molecule has 0 bridgehead atoms. The lowest BCUT2D eigenvalue weighted by atomic mass is 10.1. The van der Waals surface area contributed by atoms with Crippen molar-refractivity contribution in [3.63, 3.8) is 0 Å². The third kappa shape index (κ3) is 5.39. The van der Waals surface area contributed by atoms with E-state index in [0.29, 0.717) is 29.4 Å². The molecule has 35 heavy (non-hydrogen) atoms. The first-order chi connectivity index (χ1) is 16.5. The summed E-state index contributed by atoms with van der Waals surface area (Å²) in [6.45, 7) is 5.81. The highest BCUT2D eigenvalue weighted by Crippen LogP contribution is 2.22. The van der Waals surface area contributed by atoms with Gasteiger partial charge in [0, 0.05) is 19.3 Å². The van der Waals surface area contributed by atoms with Crippen LogP contribution in [0.25, 0.3) is 10.9 Å². The summed E-state index contributed by atoms with van der Waals surface area (Å²) in [5, 5.41) is 2.89. The van der Waals surface area contributed by atoms with Crippen LogP contribution in [0, 0.1) is 11.9 Å². The van der Waals surface area contributed by atoms with Crippen molar-refractivity contribution < 1.29 is 18.7 Å². The minimum Gasteiger partial charge on any atom is -0.444 e. The van der Waals surface area contributed by atoms with Crippen LogP contribution in [0.5, 0.6) is 0 Å². The summed E-state index contributed by atoms with van der Waals surface area (Å²) in [5.74, 6) is -1.85. The van der Waals surface area contributed by atoms with Crippen LogP contribution in [-0.4, -0.2) is 50.1 Å². The Hall–Kier alpha value is -4.02. The number of para-hydroxylation sites is 1. The van der Waals surface area contributed by atoms with Crippen molar-refractivity contribution in [2.45, 2.75) is 39.3 Å². The predicted molar refractivity (Wildman–Crippen MR) is 127 cm³/mol. The molecule has 3 aromatic rings. The number of halogens is 1. The number of aromatic amines is 1. The fraction of sp³-hybridized carbons (Fsp3) is 0.375. The van der Waals surface area contributed by atoms with Crippen molar-refractivity contribution in [1.29, 1.82) is 0 Å². The maximum Gasteiger partial charge on any atom is 0.410 e. The van der Waals surface area contributed by atoms with Crippen molar-refractivity contribution in [3.05, 3.63) is 68.9 Å². The molecule has 1 aromatic carbocycles. The molecule has 2 N–H and O–H groups in total. The first-order valence-corrected chi connectivity index (χ1v) is 11.2. The van der Waals surface area contributed by atoms with E-state index in [0.717, 1.165) is 0 Å². The Labute approximate surface area is 199 Å². The SMILES string of the molecule is CC(C)(C)OC(=O)N1CC[C@H](C(=O)Nc2cc(Cn3c(=O)[nH]c(=O)c4ccccc43)cnc2F)C1. The topological polar surface area (TPSA) is 126 Å². The van der Waals surface area contributed by atoms with Gasteiger partial charge in [-0.1, -0.05) is 12.1 Å². The summed E-state index contributed by atoms with van der Waals surface area (Å²) in [6, 6.07) is 8.02. The molecule has 1 atom stereocenters. The minimum absolute atomic E-state index is 0.00211. The van der Waals surface area contributed by atoms with E-state index in [1.807, 2.05) is 0 Å². The molecule has 4 rings (SSSR count). The molecular weight excluding hydrogens is 457 g/mol. The highest BCUT2D eigenvalue weighted by Gasteiger charge is 2.33. The largest absolute Gasteiger partial charge is 0.444 e. The molecular formula is C24H26FN5O5. The van der Waals surface area contributed by atoms with Gasteiger partial charge in [-0.2, -0.15) is 4.39 Å². The Balaban J connectivity index is 1.50. The van der Waals surface area contributed by atoms with Crippen LogP contribution in [0.3, 0.4) is 0 Å². The Morgan fingerprint density at radius 3 is 2.74 bits per heavy atom. The monoisotopic (exact) mass is 483 g/mol. The van der Waals surface area contributed by atoms with Gasteiger partial charge in [0.2, 0.25) is 11.9 Å². The van der Waals surface area contributed by atoms with Crippen molar-refractivity contribution in [2.75, 3.05) is 18.4 Å². The fourth-order valence-corrected chi connectivity index (χ4v) is 3.95. The number of rotatable bonds is 4. The number of aromatic nitrogens is 3. The van der Waals surface area contributed by atoms with Gasteiger partial charge in [-0.3, -0.25) is 19.1 Å². The normalized spacial score (nSPS) is 15.9. The molecule has 0 aliphatic carbocycles. The number of ether oxygens (including phenoxy) is 1. The van der Waals surface area contributed by atoms with E-state index in [1.165, 1.54) is 21.7 Å². The number of nitrogens with zero attached hydrogens (tertiary/aromatic N) is 3. The lowest BCUT2D eigenvalue weighted by Gasteiger charge is -2.24. The number of amides is 2. The van der Waals surface area contributed by atoms with E-state index < -0.39 is 40.7 Å². The van der Waals surface area contributed by atoms with Crippen molar-refractivity contribution in [3.8, 4) is 0 Å². The number of nitrogens with one attached hydrogen (secondary N) is 2. The maximum absolute atomic E-state index is 14.4. The van der Waals surface area contributed by atoms with Gasteiger partial charge in [0.05, 0.1) is 29.1 Å². The van der Waals surface area contributed by atoms with Crippen LogP contribution in [0.4, 0.5) is 14.9 Å². The lowest BCUT2D eigenvalue weighted by Crippen LogP contribution is -2.36. The van der Waals surface area contributed by atoms with Crippen LogP contribution in [0.2, 0.25) is 0 Å². The molecule has 1 aliphatic rings. The summed E-state index contributed by atoms with van der Waals surface area (Å²) < 4.78 is 21.1. The molecule has 2 aromatic heterocycles. The van der Waals surface area contributed by atoms with Gasteiger partial charge < -0.3 is 15.0 Å². The number of hydrogen-bond acceptors (Lipinski definition) is 6. The van der Waals surface area contributed by atoms with E-state index in [-0.39, 0.29) is 18.8 Å². The van der Waals surface area contributed by atoms with Crippen molar-refractivity contribution in [1.82, 2.24) is 19.4 Å². The Kier molecular flexibility index (Phi) is 6.42. The van der Waals surface area contributed by atoms with Gasteiger partial charge in [0.25, 0.3) is 5.56 Å². The molecule has 184 valence electrons. The molecule has 0 radical (unpaired) electrons. The standard InChI is InChI=1S/C24H26FN5O5/c1-24(2,3)35-23(34)29-9-8-15(13-29)20(31)27-17-10-14(11-26-19(17)25)12-30-18-7-5-4-6-16(18)21(32)28-22(30)33/h4-7,10-11,15H,8-9,12-13H2,1-3H3,(H,27,31)(H,28,32,33)/t15-/m0/s1. The smallest absolute Gasteiger partial charge is 0.410 e. The molecule has 0 unspecified atom stereocenters. The van der Waals surface area contributed by atoms with E-state index in [9.17, 15) is 23.6 Å². The lowest BCUT2D eigenvalue weighted by molar-refractivity contribution is -0.119. The van der Waals surface area contributed by atoms with Gasteiger partial charge in [0.15, 0.2) is 0 Å². The summed E-state index contributed by atoms with van der Waals surface area (Å²) in [5.41, 5.74) is -1.02. The van der Waals surface area contributed by atoms with Crippen molar-refractivity contribution >= 4 is 28.6 Å². The number of anilines is 1. The Morgan fingerprint density at radius 2 is 2.00 bits per heavy atom. The molecule has 2 amide bonds. The second kappa shape index (κ2) is 9.32. The molecule has 1 aliphatic heterocycles. The van der Waals surface area contributed by atoms with Gasteiger partial charge in [-0.25, -0.2) is 14.6 Å². The van der Waals surface area contributed by atoms with Crippen LogP contribution in [-0.2, 0) is 16.1 Å². The number of hydrogen-bond donors (Lipinski definition) is 2. The first kappa shape index (κ1) is 24.1. The number of benzene rings is 1. The van der Waals surface area contributed by atoms with Gasteiger partial charge in [-0.05, 0) is 51.0 Å². The average molecular weight is 484 g/mol. The molecule has 1 saturated heterocycles. The fourth-order valence-electron chi connectivity index (χ4n) is 3.95. The molecule has 0 saturated carbocycles. The average Bonchev–Trinajstić information content (AvgIpc) is 3.28.